The molecule has 4 rings (SSSR count). The van der Waals surface area contributed by atoms with E-state index in [1.54, 1.807) is 0 Å². The molecule has 0 unspecified atom stereocenters. The summed E-state index contributed by atoms with van der Waals surface area (Å²) < 4.78 is 7.47. The lowest BCUT2D eigenvalue weighted by Gasteiger charge is -2.11. The Morgan fingerprint density at radius 1 is 1.25 bits per heavy atom. The van der Waals surface area contributed by atoms with Crippen LogP contribution in [-0.2, 0) is 11.3 Å². The van der Waals surface area contributed by atoms with Gasteiger partial charge in [-0.25, -0.2) is 14.6 Å². The van der Waals surface area contributed by atoms with E-state index < -0.39 is 0 Å². The van der Waals surface area contributed by atoms with Crippen LogP contribution in [0.1, 0.15) is 24.2 Å². The molecule has 0 aliphatic carbocycles. The standard InChI is InChI=1S/C17H20N6O/c1-12-19-16(18-10-14-8-5-9-24-14)15-17(20-12)23(22-21-15)11-13-6-3-2-4-7-13/h2-4,6-7,14H,5,8-11H2,1H3,(H,18,19,20)/t14-/m1/s1. The van der Waals surface area contributed by atoms with E-state index in [0.717, 1.165) is 43.0 Å². The molecule has 2 aromatic heterocycles. The van der Waals surface area contributed by atoms with Crippen LogP contribution in [0, 0.1) is 6.92 Å². The van der Waals surface area contributed by atoms with E-state index in [0.29, 0.717) is 17.9 Å². The normalized spacial score (nSPS) is 17.5. The maximum absolute atomic E-state index is 5.65. The molecule has 0 saturated carbocycles. The number of nitrogens with one attached hydrogen (secondary N) is 1. The molecule has 7 nitrogen and oxygen atoms in total. The maximum Gasteiger partial charge on any atom is 0.184 e. The number of benzene rings is 1. The summed E-state index contributed by atoms with van der Waals surface area (Å²) in [5.74, 6) is 1.43. The summed E-state index contributed by atoms with van der Waals surface area (Å²) in [6.07, 6.45) is 2.45. The van der Waals surface area contributed by atoms with E-state index in [2.05, 4.69) is 37.7 Å². The third kappa shape index (κ3) is 3.07. The highest BCUT2D eigenvalue weighted by Gasteiger charge is 2.18. The summed E-state index contributed by atoms with van der Waals surface area (Å²) in [5.41, 5.74) is 2.62. The lowest BCUT2D eigenvalue weighted by atomic mass is 10.2. The lowest BCUT2D eigenvalue weighted by Crippen LogP contribution is -2.19. The Bertz CT molecular complexity index is 826. The minimum absolute atomic E-state index is 0.245. The minimum atomic E-state index is 0.245. The fourth-order valence-electron chi connectivity index (χ4n) is 2.97. The number of nitrogens with zero attached hydrogens (tertiary/aromatic N) is 5. The van der Waals surface area contributed by atoms with Crippen LogP contribution in [0.3, 0.4) is 0 Å². The van der Waals surface area contributed by atoms with E-state index in [4.69, 9.17) is 4.74 Å². The summed E-state index contributed by atoms with van der Waals surface area (Å²) >= 11 is 0. The molecule has 1 saturated heterocycles. The Kier molecular flexibility index (Phi) is 4.08. The van der Waals surface area contributed by atoms with Crippen molar-refractivity contribution in [3.63, 3.8) is 0 Å². The maximum atomic E-state index is 5.65. The van der Waals surface area contributed by atoms with Crippen molar-refractivity contribution in [2.75, 3.05) is 18.5 Å². The van der Waals surface area contributed by atoms with Crippen LogP contribution in [-0.4, -0.2) is 44.2 Å². The highest BCUT2D eigenvalue weighted by molar-refractivity contribution is 5.82. The summed E-state index contributed by atoms with van der Waals surface area (Å²) in [5, 5.41) is 11.9. The second-order valence-electron chi connectivity index (χ2n) is 6.04. The molecular formula is C17H20N6O. The molecule has 3 heterocycles. The van der Waals surface area contributed by atoms with Crippen LogP contribution in [0.15, 0.2) is 30.3 Å². The molecule has 0 spiro atoms. The monoisotopic (exact) mass is 324 g/mol. The van der Waals surface area contributed by atoms with E-state index in [1.165, 1.54) is 0 Å². The number of rotatable bonds is 5. The lowest BCUT2D eigenvalue weighted by molar-refractivity contribution is 0.120. The zero-order valence-corrected chi connectivity index (χ0v) is 13.6. The Morgan fingerprint density at radius 2 is 2.12 bits per heavy atom. The Balaban J connectivity index is 1.61. The van der Waals surface area contributed by atoms with Crippen molar-refractivity contribution in [3.05, 3.63) is 41.7 Å². The van der Waals surface area contributed by atoms with Gasteiger partial charge in [0.15, 0.2) is 17.0 Å². The number of aryl methyl sites for hydroxylation is 1. The van der Waals surface area contributed by atoms with Crippen LogP contribution < -0.4 is 5.32 Å². The number of ether oxygens (including phenoxy) is 1. The topological polar surface area (TPSA) is 77.8 Å². The van der Waals surface area contributed by atoms with Gasteiger partial charge in [-0.05, 0) is 25.3 Å². The van der Waals surface area contributed by atoms with Gasteiger partial charge in [-0.3, -0.25) is 0 Å². The van der Waals surface area contributed by atoms with Crippen molar-refractivity contribution < 1.29 is 4.74 Å². The van der Waals surface area contributed by atoms with E-state index in [-0.39, 0.29) is 6.10 Å². The predicted octanol–water partition coefficient (Wildman–Crippen LogP) is 2.17. The molecule has 24 heavy (non-hydrogen) atoms. The summed E-state index contributed by atoms with van der Waals surface area (Å²) in [6, 6.07) is 10.2. The average Bonchev–Trinajstić information content (AvgIpc) is 3.24. The second-order valence-corrected chi connectivity index (χ2v) is 6.04. The molecule has 1 atom stereocenters. The molecular weight excluding hydrogens is 304 g/mol. The van der Waals surface area contributed by atoms with Gasteiger partial charge in [-0.2, -0.15) is 0 Å². The van der Waals surface area contributed by atoms with Gasteiger partial charge in [0.1, 0.15) is 5.82 Å². The SMILES string of the molecule is Cc1nc(NC[C@H]2CCCO2)c2nnn(Cc3ccccc3)c2n1. The molecule has 0 amide bonds. The molecule has 1 aliphatic rings. The Hall–Kier alpha value is -2.54. The van der Waals surface area contributed by atoms with Crippen molar-refractivity contribution in [2.24, 2.45) is 0 Å². The van der Waals surface area contributed by atoms with Gasteiger partial charge in [0.05, 0.1) is 12.6 Å². The van der Waals surface area contributed by atoms with Crippen LogP contribution in [0.2, 0.25) is 0 Å². The van der Waals surface area contributed by atoms with Gasteiger partial charge in [-0.1, -0.05) is 35.5 Å². The summed E-state index contributed by atoms with van der Waals surface area (Å²) in [7, 11) is 0. The van der Waals surface area contributed by atoms with Crippen molar-refractivity contribution in [3.8, 4) is 0 Å². The molecule has 7 heteroatoms. The highest BCUT2D eigenvalue weighted by Crippen LogP contribution is 2.20. The van der Waals surface area contributed by atoms with Crippen LogP contribution in [0.5, 0.6) is 0 Å². The minimum Gasteiger partial charge on any atom is -0.376 e. The molecule has 124 valence electrons. The molecule has 0 bridgehead atoms. The van der Waals surface area contributed by atoms with E-state index in [1.807, 2.05) is 29.8 Å². The van der Waals surface area contributed by atoms with E-state index in [9.17, 15) is 0 Å². The predicted molar refractivity (Wildman–Crippen MR) is 90.9 cm³/mol. The van der Waals surface area contributed by atoms with Crippen molar-refractivity contribution in [1.82, 2.24) is 25.0 Å². The first-order chi connectivity index (χ1) is 11.8. The van der Waals surface area contributed by atoms with Crippen molar-refractivity contribution in [1.29, 1.82) is 0 Å². The molecule has 3 aromatic rings. The van der Waals surface area contributed by atoms with Gasteiger partial charge in [0, 0.05) is 13.2 Å². The van der Waals surface area contributed by atoms with E-state index >= 15 is 0 Å². The largest absolute Gasteiger partial charge is 0.376 e. The summed E-state index contributed by atoms with van der Waals surface area (Å²) in [6.45, 7) is 4.10. The highest BCUT2D eigenvalue weighted by atomic mass is 16.5. The number of aromatic nitrogens is 5. The number of hydrogen-bond donors (Lipinski definition) is 1. The fourth-order valence-corrected chi connectivity index (χ4v) is 2.97. The van der Waals surface area contributed by atoms with Gasteiger partial charge < -0.3 is 10.1 Å². The quantitative estimate of drug-likeness (QED) is 0.775. The van der Waals surface area contributed by atoms with Gasteiger partial charge in [0.25, 0.3) is 0 Å². The molecule has 1 aliphatic heterocycles. The summed E-state index contributed by atoms with van der Waals surface area (Å²) in [4.78, 5) is 9.02. The van der Waals surface area contributed by atoms with Gasteiger partial charge in [0.2, 0.25) is 0 Å². The number of fused-ring (bicyclic) bond motifs is 1. The number of anilines is 1. The van der Waals surface area contributed by atoms with Crippen molar-refractivity contribution >= 4 is 17.0 Å². The third-order valence-electron chi connectivity index (χ3n) is 4.17. The first kappa shape index (κ1) is 15.0. The smallest absolute Gasteiger partial charge is 0.184 e. The average molecular weight is 324 g/mol. The fraction of sp³-hybridized carbons (Fsp3) is 0.412. The van der Waals surface area contributed by atoms with Crippen LogP contribution in [0.4, 0.5) is 5.82 Å². The zero-order chi connectivity index (χ0) is 16.4. The van der Waals surface area contributed by atoms with Crippen LogP contribution >= 0.6 is 0 Å². The first-order valence-corrected chi connectivity index (χ1v) is 8.27. The van der Waals surface area contributed by atoms with Gasteiger partial charge >= 0.3 is 0 Å². The molecule has 1 N–H and O–H groups in total. The Labute approximate surface area is 140 Å². The zero-order valence-electron chi connectivity index (χ0n) is 13.6. The first-order valence-electron chi connectivity index (χ1n) is 8.27. The number of hydrogen-bond acceptors (Lipinski definition) is 6. The molecule has 1 fully saturated rings. The molecule has 0 radical (unpaired) electrons. The Morgan fingerprint density at radius 3 is 2.92 bits per heavy atom. The van der Waals surface area contributed by atoms with Crippen molar-refractivity contribution in [2.45, 2.75) is 32.4 Å². The second kappa shape index (κ2) is 6.52. The molecule has 1 aromatic carbocycles. The third-order valence-corrected chi connectivity index (χ3v) is 4.17. The van der Waals surface area contributed by atoms with Crippen LogP contribution in [0.25, 0.3) is 11.2 Å². The van der Waals surface area contributed by atoms with Gasteiger partial charge in [-0.15, -0.1) is 5.10 Å².